The number of hydrogen-bond donors (Lipinski definition) is 1. The summed E-state index contributed by atoms with van der Waals surface area (Å²) in [5, 5.41) is 3.18. The number of hydrogen-bond acceptors (Lipinski definition) is 2. The first-order valence-electron chi connectivity index (χ1n) is 8.12. The van der Waals surface area contributed by atoms with Crippen molar-refractivity contribution in [2.45, 2.75) is 39.2 Å². The molecule has 1 aliphatic heterocycles. The predicted molar refractivity (Wildman–Crippen MR) is 81.4 cm³/mol. The molecule has 0 radical (unpaired) electrons. The molecule has 116 valence electrons. The lowest BCUT2D eigenvalue weighted by Crippen LogP contribution is -2.23. The van der Waals surface area contributed by atoms with Crippen molar-refractivity contribution >= 4 is 5.69 Å². The fraction of sp³-hybridized carbons (Fsp3) is 0.647. The predicted octanol–water partition coefficient (Wildman–Crippen LogP) is 3.70. The Balaban J connectivity index is 1.74. The summed E-state index contributed by atoms with van der Waals surface area (Å²) in [5.74, 6) is 0.441. The highest BCUT2D eigenvalue weighted by molar-refractivity contribution is 5.52. The number of rotatable bonds is 5. The lowest BCUT2D eigenvalue weighted by molar-refractivity contribution is 0.494. The van der Waals surface area contributed by atoms with Gasteiger partial charge in [-0.3, -0.25) is 0 Å². The quantitative estimate of drug-likeness (QED) is 0.833. The average molecular weight is 294 g/mol. The molecule has 1 saturated carbocycles. The van der Waals surface area contributed by atoms with E-state index in [0.29, 0.717) is 23.9 Å². The summed E-state index contributed by atoms with van der Waals surface area (Å²) in [4.78, 5) is 1.92. The molecule has 0 spiro atoms. The van der Waals surface area contributed by atoms with Gasteiger partial charge in [-0.1, -0.05) is 13.3 Å². The Labute approximate surface area is 125 Å². The van der Waals surface area contributed by atoms with Gasteiger partial charge in [-0.15, -0.1) is 0 Å². The van der Waals surface area contributed by atoms with Gasteiger partial charge >= 0.3 is 0 Å². The molecule has 1 heterocycles. The summed E-state index contributed by atoms with van der Waals surface area (Å²) >= 11 is 0. The Morgan fingerprint density at radius 1 is 1.14 bits per heavy atom. The maximum Gasteiger partial charge on any atom is 0.149 e. The van der Waals surface area contributed by atoms with Gasteiger partial charge in [0.15, 0.2) is 0 Å². The summed E-state index contributed by atoms with van der Waals surface area (Å²) < 4.78 is 28.7. The molecule has 21 heavy (non-hydrogen) atoms. The number of fused-ring (bicyclic) bond motifs is 1. The zero-order valence-electron chi connectivity index (χ0n) is 12.7. The van der Waals surface area contributed by atoms with Gasteiger partial charge in [-0.25, -0.2) is 8.78 Å². The molecule has 0 aromatic heterocycles. The highest BCUT2D eigenvalue weighted by Gasteiger charge is 2.37. The third kappa shape index (κ3) is 3.05. The first-order valence-corrected chi connectivity index (χ1v) is 8.12. The van der Waals surface area contributed by atoms with Crippen LogP contribution in [-0.4, -0.2) is 19.6 Å². The second-order valence-electron chi connectivity index (χ2n) is 6.44. The average Bonchev–Trinajstić information content (AvgIpc) is 2.99. The van der Waals surface area contributed by atoms with Gasteiger partial charge < -0.3 is 10.2 Å². The minimum atomic E-state index is -0.414. The smallest absolute Gasteiger partial charge is 0.149 e. The van der Waals surface area contributed by atoms with E-state index < -0.39 is 11.6 Å². The Kier molecular flexibility index (Phi) is 4.43. The SMILES string of the molecule is CCCNCc1cc(F)c(N2CC3CCCC3C2)c(F)c1. The van der Waals surface area contributed by atoms with Gasteiger partial charge in [0, 0.05) is 19.6 Å². The van der Waals surface area contributed by atoms with Gasteiger partial charge in [0.2, 0.25) is 0 Å². The molecule has 1 aromatic rings. The van der Waals surface area contributed by atoms with Gasteiger partial charge in [0.05, 0.1) is 0 Å². The second kappa shape index (κ2) is 6.30. The molecule has 1 aliphatic carbocycles. The molecular weight excluding hydrogens is 270 g/mol. The molecule has 2 fully saturated rings. The number of halogens is 2. The minimum absolute atomic E-state index is 0.184. The summed E-state index contributed by atoms with van der Waals surface area (Å²) in [6, 6.07) is 2.96. The molecule has 2 aliphatic rings. The number of nitrogens with zero attached hydrogens (tertiary/aromatic N) is 1. The molecule has 1 aromatic carbocycles. The molecule has 0 bridgehead atoms. The summed E-state index contributed by atoms with van der Waals surface area (Å²) in [7, 11) is 0. The van der Waals surface area contributed by atoms with Crippen molar-refractivity contribution in [3.8, 4) is 0 Å². The fourth-order valence-electron chi connectivity index (χ4n) is 3.85. The first kappa shape index (κ1) is 14.8. The van der Waals surface area contributed by atoms with Crippen LogP contribution >= 0.6 is 0 Å². The van der Waals surface area contributed by atoms with E-state index in [1.807, 2.05) is 4.90 Å². The molecule has 2 atom stereocenters. The van der Waals surface area contributed by atoms with Crippen LogP contribution < -0.4 is 10.2 Å². The zero-order valence-corrected chi connectivity index (χ0v) is 12.7. The highest BCUT2D eigenvalue weighted by atomic mass is 19.1. The van der Waals surface area contributed by atoms with Crippen molar-refractivity contribution in [1.82, 2.24) is 5.32 Å². The Bertz CT molecular complexity index is 469. The van der Waals surface area contributed by atoms with E-state index in [0.717, 1.165) is 26.1 Å². The van der Waals surface area contributed by atoms with Crippen molar-refractivity contribution in [3.05, 3.63) is 29.3 Å². The van der Waals surface area contributed by atoms with E-state index in [9.17, 15) is 8.78 Å². The number of benzene rings is 1. The normalized spacial score (nSPS) is 24.6. The molecule has 3 rings (SSSR count). The van der Waals surface area contributed by atoms with E-state index in [4.69, 9.17) is 0 Å². The Hall–Kier alpha value is -1.16. The van der Waals surface area contributed by atoms with Crippen LogP contribution in [0.2, 0.25) is 0 Å². The van der Waals surface area contributed by atoms with E-state index in [-0.39, 0.29) is 5.69 Å². The molecule has 4 heteroatoms. The fourth-order valence-corrected chi connectivity index (χ4v) is 3.85. The molecule has 0 amide bonds. The van der Waals surface area contributed by atoms with Crippen LogP contribution in [0.5, 0.6) is 0 Å². The maximum atomic E-state index is 14.3. The highest BCUT2D eigenvalue weighted by Crippen LogP contribution is 2.40. The first-order chi connectivity index (χ1) is 10.2. The maximum absolute atomic E-state index is 14.3. The third-order valence-electron chi connectivity index (χ3n) is 4.88. The topological polar surface area (TPSA) is 15.3 Å². The third-order valence-corrected chi connectivity index (χ3v) is 4.88. The van der Waals surface area contributed by atoms with Crippen LogP contribution in [0.4, 0.5) is 14.5 Å². The van der Waals surface area contributed by atoms with Gasteiger partial charge in [0.25, 0.3) is 0 Å². The molecule has 1 saturated heterocycles. The van der Waals surface area contributed by atoms with Crippen LogP contribution in [0.3, 0.4) is 0 Å². The second-order valence-corrected chi connectivity index (χ2v) is 6.44. The van der Waals surface area contributed by atoms with E-state index in [1.54, 1.807) is 0 Å². The van der Waals surface area contributed by atoms with E-state index >= 15 is 0 Å². The minimum Gasteiger partial charge on any atom is -0.366 e. The molecule has 2 unspecified atom stereocenters. The molecule has 1 N–H and O–H groups in total. The van der Waals surface area contributed by atoms with Crippen molar-refractivity contribution in [3.63, 3.8) is 0 Å². The van der Waals surface area contributed by atoms with E-state index in [2.05, 4.69) is 12.2 Å². The Morgan fingerprint density at radius 3 is 2.33 bits per heavy atom. The molecular formula is C17H24F2N2. The van der Waals surface area contributed by atoms with E-state index in [1.165, 1.54) is 31.4 Å². The number of anilines is 1. The van der Waals surface area contributed by atoms with Crippen LogP contribution in [0, 0.1) is 23.5 Å². The summed E-state index contributed by atoms with van der Waals surface area (Å²) in [6.45, 7) is 5.08. The van der Waals surface area contributed by atoms with Crippen LogP contribution in [0.1, 0.15) is 38.2 Å². The Morgan fingerprint density at radius 2 is 1.76 bits per heavy atom. The largest absolute Gasteiger partial charge is 0.366 e. The van der Waals surface area contributed by atoms with Crippen LogP contribution in [-0.2, 0) is 6.54 Å². The lowest BCUT2D eigenvalue weighted by atomic mass is 10.0. The monoisotopic (exact) mass is 294 g/mol. The van der Waals surface area contributed by atoms with Crippen molar-refractivity contribution < 1.29 is 8.78 Å². The van der Waals surface area contributed by atoms with Crippen molar-refractivity contribution in [2.75, 3.05) is 24.5 Å². The summed E-state index contributed by atoms with van der Waals surface area (Å²) in [6.07, 6.45) is 4.71. The molecule has 2 nitrogen and oxygen atoms in total. The lowest BCUT2D eigenvalue weighted by Gasteiger charge is -2.21. The van der Waals surface area contributed by atoms with Gasteiger partial charge in [-0.05, 0) is 55.3 Å². The van der Waals surface area contributed by atoms with Gasteiger partial charge in [0.1, 0.15) is 17.3 Å². The van der Waals surface area contributed by atoms with Crippen LogP contribution in [0.25, 0.3) is 0 Å². The van der Waals surface area contributed by atoms with Crippen LogP contribution in [0.15, 0.2) is 12.1 Å². The zero-order chi connectivity index (χ0) is 14.8. The van der Waals surface area contributed by atoms with Crippen molar-refractivity contribution in [2.24, 2.45) is 11.8 Å². The summed E-state index contributed by atoms with van der Waals surface area (Å²) in [5.41, 5.74) is 0.866. The number of nitrogens with one attached hydrogen (secondary N) is 1. The van der Waals surface area contributed by atoms with Gasteiger partial charge in [-0.2, -0.15) is 0 Å². The van der Waals surface area contributed by atoms with Crippen molar-refractivity contribution in [1.29, 1.82) is 0 Å². The standard InChI is InChI=1S/C17H24F2N2/c1-2-6-20-9-12-7-15(18)17(16(19)8-12)21-10-13-4-3-5-14(13)11-21/h7-8,13-14,20H,2-6,9-11H2,1H3.